The van der Waals surface area contributed by atoms with Crippen LogP contribution in [0, 0.1) is 5.82 Å². The summed E-state index contributed by atoms with van der Waals surface area (Å²) < 4.78 is 13.1. The summed E-state index contributed by atoms with van der Waals surface area (Å²) in [7, 11) is 0. The molecule has 0 saturated carbocycles. The molecule has 1 unspecified atom stereocenters. The van der Waals surface area contributed by atoms with Gasteiger partial charge in [-0.1, -0.05) is 12.8 Å². The van der Waals surface area contributed by atoms with Crippen LogP contribution in [0.1, 0.15) is 36.0 Å². The van der Waals surface area contributed by atoms with E-state index in [1.165, 1.54) is 12.3 Å². The summed E-state index contributed by atoms with van der Waals surface area (Å²) >= 11 is 5.93. The highest BCUT2D eigenvalue weighted by Gasteiger charge is 2.25. The number of carbonyl (C=O) groups excluding carboxylic acids is 1. The monoisotopic (exact) mass is 270 g/mol. The van der Waals surface area contributed by atoms with Crippen molar-refractivity contribution < 1.29 is 9.18 Å². The van der Waals surface area contributed by atoms with Crippen molar-refractivity contribution in [2.45, 2.75) is 31.7 Å². The molecule has 1 aromatic rings. The lowest BCUT2D eigenvalue weighted by Crippen LogP contribution is -2.41. The largest absolute Gasteiger partial charge is 0.334 e. The van der Waals surface area contributed by atoms with E-state index in [4.69, 9.17) is 11.6 Å². The second kappa shape index (κ2) is 6.14. The fraction of sp³-hybridized carbons (Fsp3) is 0.538. The molecule has 18 heavy (non-hydrogen) atoms. The lowest BCUT2D eigenvalue weighted by Gasteiger charge is -2.28. The normalized spacial score (nSPS) is 20.6. The van der Waals surface area contributed by atoms with Gasteiger partial charge >= 0.3 is 0 Å². The van der Waals surface area contributed by atoms with Gasteiger partial charge in [-0.15, -0.1) is 11.6 Å². The van der Waals surface area contributed by atoms with Crippen LogP contribution in [0.5, 0.6) is 0 Å². The molecule has 1 amide bonds. The number of amides is 1. The molecule has 0 aromatic carbocycles. The third-order valence-corrected chi connectivity index (χ3v) is 3.62. The van der Waals surface area contributed by atoms with E-state index in [0.29, 0.717) is 18.0 Å². The Hall–Kier alpha value is -1.16. The van der Waals surface area contributed by atoms with Crippen molar-refractivity contribution in [2.75, 3.05) is 12.4 Å². The van der Waals surface area contributed by atoms with E-state index in [9.17, 15) is 9.18 Å². The number of pyridine rings is 1. The van der Waals surface area contributed by atoms with E-state index in [0.717, 1.165) is 31.9 Å². The van der Waals surface area contributed by atoms with Crippen molar-refractivity contribution in [1.82, 2.24) is 9.88 Å². The molecule has 2 rings (SSSR count). The van der Waals surface area contributed by atoms with Gasteiger partial charge in [-0.3, -0.25) is 9.78 Å². The Morgan fingerprint density at radius 1 is 1.44 bits per heavy atom. The van der Waals surface area contributed by atoms with Crippen molar-refractivity contribution in [3.05, 3.63) is 29.8 Å². The number of hydrogen-bond acceptors (Lipinski definition) is 2. The Labute approximate surface area is 111 Å². The van der Waals surface area contributed by atoms with Gasteiger partial charge in [-0.05, 0) is 18.9 Å². The third-order valence-electron chi connectivity index (χ3n) is 3.27. The molecule has 1 aromatic heterocycles. The van der Waals surface area contributed by atoms with Crippen LogP contribution < -0.4 is 0 Å². The summed E-state index contributed by atoms with van der Waals surface area (Å²) in [4.78, 5) is 17.8. The average Bonchev–Trinajstić information content (AvgIpc) is 2.62. The summed E-state index contributed by atoms with van der Waals surface area (Å²) in [5.41, 5.74) is 0.298. The second-order valence-corrected chi connectivity index (χ2v) is 4.86. The van der Waals surface area contributed by atoms with Gasteiger partial charge in [0.1, 0.15) is 5.82 Å². The number of rotatable bonds is 2. The maximum atomic E-state index is 13.1. The highest BCUT2D eigenvalue weighted by molar-refractivity contribution is 6.18. The molecule has 0 aliphatic carbocycles. The maximum absolute atomic E-state index is 13.1. The fourth-order valence-corrected chi connectivity index (χ4v) is 2.62. The number of halogens is 2. The zero-order chi connectivity index (χ0) is 13.0. The van der Waals surface area contributed by atoms with E-state index in [1.807, 2.05) is 0 Å². The molecular formula is C13H16ClFN2O. The fourth-order valence-electron chi connectivity index (χ4n) is 2.30. The Bertz CT molecular complexity index is 427. The van der Waals surface area contributed by atoms with E-state index in [1.54, 1.807) is 4.90 Å². The van der Waals surface area contributed by atoms with Gasteiger partial charge in [0, 0.05) is 24.7 Å². The molecule has 0 spiro atoms. The number of alkyl halides is 1. The van der Waals surface area contributed by atoms with Gasteiger partial charge in [-0.25, -0.2) is 4.39 Å². The van der Waals surface area contributed by atoms with Crippen LogP contribution in [0.3, 0.4) is 0 Å². The van der Waals surface area contributed by atoms with Crippen LogP contribution in [-0.4, -0.2) is 34.3 Å². The molecule has 0 radical (unpaired) electrons. The van der Waals surface area contributed by atoms with E-state index >= 15 is 0 Å². The first-order chi connectivity index (χ1) is 8.72. The summed E-state index contributed by atoms with van der Waals surface area (Å²) in [5.74, 6) is -0.235. The van der Waals surface area contributed by atoms with Crippen molar-refractivity contribution in [1.29, 1.82) is 0 Å². The highest BCUT2D eigenvalue weighted by Crippen LogP contribution is 2.20. The van der Waals surface area contributed by atoms with Crippen molar-refractivity contribution in [3.63, 3.8) is 0 Å². The predicted molar refractivity (Wildman–Crippen MR) is 68.2 cm³/mol. The number of nitrogens with zero attached hydrogens (tertiary/aromatic N) is 2. The van der Waals surface area contributed by atoms with Crippen LogP contribution in [0.4, 0.5) is 4.39 Å². The van der Waals surface area contributed by atoms with E-state index < -0.39 is 5.82 Å². The van der Waals surface area contributed by atoms with E-state index in [2.05, 4.69) is 4.98 Å². The average molecular weight is 271 g/mol. The minimum Gasteiger partial charge on any atom is -0.334 e. The summed E-state index contributed by atoms with van der Waals surface area (Å²) in [6.45, 7) is 0.687. The molecule has 0 bridgehead atoms. The molecule has 5 heteroatoms. The quantitative estimate of drug-likeness (QED) is 0.774. The van der Waals surface area contributed by atoms with Crippen LogP contribution in [0.25, 0.3) is 0 Å². The molecule has 1 aliphatic heterocycles. The first kappa shape index (κ1) is 13.3. The third kappa shape index (κ3) is 2.99. The van der Waals surface area contributed by atoms with Crippen molar-refractivity contribution in [3.8, 4) is 0 Å². The zero-order valence-corrected chi connectivity index (χ0v) is 10.9. The number of hydrogen-bond donors (Lipinski definition) is 0. The van der Waals surface area contributed by atoms with Crippen molar-refractivity contribution >= 4 is 17.5 Å². The first-order valence-corrected chi connectivity index (χ1v) is 6.73. The van der Waals surface area contributed by atoms with Gasteiger partial charge < -0.3 is 4.90 Å². The topological polar surface area (TPSA) is 33.2 Å². The second-order valence-electron chi connectivity index (χ2n) is 4.55. The lowest BCUT2D eigenvalue weighted by atomic mass is 10.1. The molecule has 0 N–H and O–H groups in total. The van der Waals surface area contributed by atoms with Crippen LogP contribution in [0.15, 0.2) is 18.5 Å². The van der Waals surface area contributed by atoms with Gasteiger partial charge in [0.25, 0.3) is 5.91 Å². The minimum atomic E-state index is -0.488. The zero-order valence-electron chi connectivity index (χ0n) is 10.1. The molecule has 2 heterocycles. The first-order valence-electron chi connectivity index (χ1n) is 6.20. The molecule has 1 fully saturated rings. The van der Waals surface area contributed by atoms with Crippen LogP contribution in [0.2, 0.25) is 0 Å². The van der Waals surface area contributed by atoms with Gasteiger partial charge in [-0.2, -0.15) is 0 Å². The molecular weight excluding hydrogens is 255 g/mol. The Morgan fingerprint density at radius 2 is 2.28 bits per heavy atom. The molecule has 1 atom stereocenters. The van der Waals surface area contributed by atoms with Gasteiger partial charge in [0.15, 0.2) is 0 Å². The molecule has 3 nitrogen and oxygen atoms in total. The van der Waals surface area contributed by atoms with Crippen LogP contribution >= 0.6 is 11.6 Å². The Kier molecular flexibility index (Phi) is 4.53. The summed E-state index contributed by atoms with van der Waals surface area (Å²) in [6.07, 6.45) is 6.58. The molecule has 98 valence electrons. The summed E-state index contributed by atoms with van der Waals surface area (Å²) in [5, 5.41) is 0. The number of likely N-dealkylation sites (tertiary alicyclic amines) is 1. The van der Waals surface area contributed by atoms with E-state index in [-0.39, 0.29) is 11.9 Å². The minimum absolute atomic E-state index is 0.0462. The molecule has 1 saturated heterocycles. The van der Waals surface area contributed by atoms with Gasteiger partial charge in [0.05, 0.1) is 11.8 Å². The standard InChI is InChI=1S/C13H16ClFN2O/c14-7-12-4-2-1-3-5-17(12)13(18)10-6-11(15)9-16-8-10/h6,8-9,12H,1-5,7H2. The SMILES string of the molecule is O=C(c1cncc(F)c1)N1CCCCCC1CCl. The number of carbonyl (C=O) groups is 1. The summed E-state index contributed by atoms with van der Waals surface area (Å²) in [6, 6.07) is 1.27. The lowest BCUT2D eigenvalue weighted by molar-refractivity contribution is 0.0699. The van der Waals surface area contributed by atoms with Gasteiger partial charge in [0.2, 0.25) is 0 Å². The Morgan fingerprint density at radius 3 is 3.00 bits per heavy atom. The Balaban J connectivity index is 2.19. The number of aromatic nitrogens is 1. The van der Waals surface area contributed by atoms with Crippen LogP contribution in [-0.2, 0) is 0 Å². The molecule has 1 aliphatic rings. The maximum Gasteiger partial charge on any atom is 0.255 e. The van der Waals surface area contributed by atoms with Crippen molar-refractivity contribution in [2.24, 2.45) is 0 Å². The highest BCUT2D eigenvalue weighted by atomic mass is 35.5. The smallest absolute Gasteiger partial charge is 0.255 e. The predicted octanol–water partition coefficient (Wildman–Crippen LogP) is 2.84.